The zero-order chi connectivity index (χ0) is 19.3. The molecule has 1 aromatic carbocycles. The summed E-state index contributed by atoms with van der Waals surface area (Å²) < 4.78 is 50.7. The molecule has 3 atom stereocenters. The van der Waals surface area contributed by atoms with Crippen LogP contribution >= 0.6 is 0 Å². The van der Waals surface area contributed by atoms with E-state index in [2.05, 4.69) is 10.6 Å². The van der Waals surface area contributed by atoms with Crippen LogP contribution in [0.15, 0.2) is 29.2 Å². The van der Waals surface area contributed by atoms with Gasteiger partial charge in [-0.25, -0.2) is 21.1 Å². The molecule has 2 fully saturated rings. The molecule has 3 unspecified atom stereocenters. The molecule has 26 heavy (non-hydrogen) atoms. The topological polar surface area (TPSA) is 130 Å². The molecular weight excluding hydrogens is 382 g/mol. The van der Waals surface area contributed by atoms with E-state index in [0.29, 0.717) is 17.3 Å². The van der Waals surface area contributed by atoms with Crippen LogP contribution in [0.4, 0.5) is 0 Å². The lowest BCUT2D eigenvalue weighted by atomic mass is 10.1. The first-order chi connectivity index (χ1) is 12.1. The number of fused-ring (bicyclic) bond motifs is 1. The largest absolute Gasteiger partial charge is 0.355 e. The van der Waals surface area contributed by atoms with E-state index in [9.17, 15) is 26.4 Å². The average molecular weight is 401 g/mol. The molecule has 3 rings (SSSR count). The minimum Gasteiger partial charge on any atom is -0.355 e. The number of hydrogen-bond acceptors (Lipinski definition) is 7. The number of sulfonamides is 1. The van der Waals surface area contributed by atoms with Crippen molar-refractivity contribution in [3.63, 3.8) is 0 Å². The Labute approximate surface area is 151 Å². The van der Waals surface area contributed by atoms with Crippen LogP contribution in [0.1, 0.15) is 16.8 Å². The molecule has 0 aliphatic carbocycles. The van der Waals surface area contributed by atoms with Crippen LogP contribution in [0.3, 0.4) is 0 Å². The highest BCUT2D eigenvalue weighted by molar-refractivity contribution is 7.93. The van der Waals surface area contributed by atoms with Crippen LogP contribution < -0.4 is 10.6 Å². The van der Waals surface area contributed by atoms with Crippen molar-refractivity contribution < 1.29 is 26.4 Å². The Morgan fingerprint density at radius 2 is 1.81 bits per heavy atom. The van der Waals surface area contributed by atoms with Crippen molar-refractivity contribution in [3.05, 3.63) is 29.8 Å². The summed E-state index contributed by atoms with van der Waals surface area (Å²) in [7, 11) is -6.56. The highest BCUT2D eigenvalue weighted by Gasteiger charge is 2.58. The van der Waals surface area contributed by atoms with E-state index in [4.69, 9.17) is 0 Å². The monoisotopic (exact) mass is 401 g/mol. The van der Waals surface area contributed by atoms with Gasteiger partial charge in [0.25, 0.3) is 11.8 Å². The molecule has 2 heterocycles. The fraction of sp³-hybridized carbons (Fsp3) is 0.467. The van der Waals surface area contributed by atoms with Crippen LogP contribution in [-0.4, -0.2) is 70.1 Å². The van der Waals surface area contributed by atoms with Gasteiger partial charge in [-0.05, 0) is 37.2 Å². The molecule has 11 heteroatoms. The smallest absolute Gasteiger partial charge is 0.256 e. The Morgan fingerprint density at radius 3 is 2.35 bits per heavy atom. The van der Waals surface area contributed by atoms with E-state index >= 15 is 0 Å². The summed E-state index contributed by atoms with van der Waals surface area (Å²) in [5.41, 5.74) is 0.277. The highest BCUT2D eigenvalue weighted by atomic mass is 32.2. The van der Waals surface area contributed by atoms with Gasteiger partial charge in [-0.1, -0.05) is 0 Å². The summed E-state index contributed by atoms with van der Waals surface area (Å²) in [6, 6.07) is 3.70. The summed E-state index contributed by atoms with van der Waals surface area (Å²) in [5, 5.41) is 3.86. The fourth-order valence-electron chi connectivity index (χ4n) is 3.55. The molecule has 2 aliphatic heterocycles. The van der Waals surface area contributed by atoms with Gasteiger partial charge in [0.2, 0.25) is 10.0 Å². The van der Waals surface area contributed by atoms with Crippen molar-refractivity contribution >= 4 is 31.7 Å². The minimum atomic E-state index is -4.13. The van der Waals surface area contributed by atoms with Crippen LogP contribution in [0.25, 0.3) is 0 Å². The normalized spacial score (nSPS) is 26.0. The number of carbonyl (C=O) groups excluding carboxylic acids is 2. The number of rotatable bonds is 4. The zero-order valence-electron chi connectivity index (χ0n) is 14.2. The lowest BCUT2D eigenvalue weighted by Crippen LogP contribution is -2.43. The first-order valence-electron chi connectivity index (χ1n) is 7.91. The number of benzene rings is 1. The summed E-state index contributed by atoms with van der Waals surface area (Å²) in [5.74, 6) is -1.31. The van der Waals surface area contributed by atoms with Crippen molar-refractivity contribution in [1.29, 1.82) is 0 Å². The van der Waals surface area contributed by atoms with Gasteiger partial charge in [0.05, 0.1) is 23.2 Å². The van der Waals surface area contributed by atoms with E-state index in [1.807, 2.05) is 0 Å². The maximum atomic E-state index is 13.0. The molecule has 2 aliphatic rings. The number of hydrogen-bond donors (Lipinski definition) is 2. The molecule has 9 nitrogen and oxygen atoms in total. The molecule has 0 bridgehead atoms. The second-order valence-corrected chi connectivity index (χ2v) is 10.2. The Morgan fingerprint density at radius 1 is 1.19 bits per heavy atom. The van der Waals surface area contributed by atoms with Crippen molar-refractivity contribution in [2.24, 2.45) is 0 Å². The maximum Gasteiger partial charge on any atom is 0.256 e. The lowest BCUT2D eigenvalue weighted by molar-refractivity contribution is -0.124. The van der Waals surface area contributed by atoms with Gasteiger partial charge in [0, 0.05) is 12.6 Å². The Balaban J connectivity index is 2.01. The van der Waals surface area contributed by atoms with Gasteiger partial charge in [-0.15, -0.1) is 0 Å². The molecule has 0 radical (unpaired) electrons. The number of nitrogens with one attached hydrogen (secondary N) is 2. The maximum absolute atomic E-state index is 13.0. The zero-order valence-corrected chi connectivity index (χ0v) is 15.8. The third-order valence-corrected chi connectivity index (χ3v) is 7.94. The minimum absolute atomic E-state index is 0.133. The second-order valence-electron chi connectivity index (χ2n) is 6.30. The van der Waals surface area contributed by atoms with Gasteiger partial charge >= 0.3 is 0 Å². The molecule has 0 saturated carbocycles. The van der Waals surface area contributed by atoms with E-state index in [0.717, 1.165) is 6.26 Å². The molecule has 0 aromatic heterocycles. The Hall–Kier alpha value is -1.98. The van der Waals surface area contributed by atoms with Gasteiger partial charge in [0.1, 0.15) is 0 Å². The highest BCUT2D eigenvalue weighted by Crippen LogP contribution is 2.35. The number of sulfone groups is 1. The summed E-state index contributed by atoms with van der Waals surface area (Å²) in [6.07, 6.45) is 1.26. The van der Waals surface area contributed by atoms with E-state index in [-0.39, 0.29) is 16.4 Å². The molecule has 2 amide bonds. The second kappa shape index (κ2) is 6.32. The van der Waals surface area contributed by atoms with Gasteiger partial charge in [-0.3, -0.25) is 9.59 Å². The predicted octanol–water partition coefficient (Wildman–Crippen LogP) is -1.28. The van der Waals surface area contributed by atoms with E-state index in [1.165, 1.54) is 31.3 Å². The number of carbonyl (C=O) groups is 2. The summed E-state index contributed by atoms with van der Waals surface area (Å²) in [6.45, 7) is 0.427. The first-order valence-corrected chi connectivity index (χ1v) is 11.3. The third kappa shape index (κ3) is 2.89. The van der Waals surface area contributed by atoms with E-state index < -0.39 is 43.1 Å². The molecule has 142 valence electrons. The van der Waals surface area contributed by atoms with Crippen LogP contribution in [0.2, 0.25) is 0 Å². The molecule has 2 N–H and O–H groups in total. The van der Waals surface area contributed by atoms with Gasteiger partial charge in [0.15, 0.2) is 15.1 Å². The first kappa shape index (κ1) is 18.8. The third-order valence-electron chi connectivity index (χ3n) is 4.69. The molecule has 1 aromatic rings. The fourth-order valence-corrected chi connectivity index (χ4v) is 6.64. The Kier molecular flexibility index (Phi) is 4.57. The van der Waals surface area contributed by atoms with Crippen molar-refractivity contribution in [2.75, 3.05) is 19.8 Å². The molecule has 2 saturated heterocycles. The van der Waals surface area contributed by atoms with Crippen LogP contribution in [-0.2, 0) is 24.7 Å². The number of nitrogens with zero attached hydrogens (tertiary/aromatic N) is 1. The average Bonchev–Trinajstić information content (AvgIpc) is 3.12. The predicted molar refractivity (Wildman–Crippen MR) is 92.7 cm³/mol. The molecule has 0 spiro atoms. The number of amides is 2. The van der Waals surface area contributed by atoms with Crippen LogP contribution in [0.5, 0.6) is 0 Å². The lowest BCUT2D eigenvalue weighted by Gasteiger charge is -2.20. The van der Waals surface area contributed by atoms with Crippen LogP contribution in [0, 0.1) is 0 Å². The standard InChI is InChI=1S/C15H19N3O6S2/c1-16-14(19)9-3-5-10(6-4-9)26(23,24)13-12-11(7-8-17-12)18(15(13)20)25(2,21)22/h3-6,11-13,17H,7-8H2,1-2H3,(H,16,19). The van der Waals surface area contributed by atoms with Crippen molar-refractivity contribution in [2.45, 2.75) is 28.6 Å². The summed E-state index contributed by atoms with van der Waals surface area (Å²) >= 11 is 0. The van der Waals surface area contributed by atoms with Crippen molar-refractivity contribution in [3.8, 4) is 0 Å². The summed E-state index contributed by atoms with van der Waals surface area (Å²) in [4.78, 5) is 24.1. The van der Waals surface area contributed by atoms with E-state index in [1.54, 1.807) is 0 Å². The Bertz CT molecular complexity index is 956. The van der Waals surface area contributed by atoms with Gasteiger partial charge in [-0.2, -0.15) is 0 Å². The van der Waals surface area contributed by atoms with Crippen molar-refractivity contribution in [1.82, 2.24) is 14.9 Å². The van der Waals surface area contributed by atoms with Gasteiger partial charge < -0.3 is 10.6 Å². The quantitative estimate of drug-likeness (QED) is 0.643. The SMILES string of the molecule is CNC(=O)c1ccc(S(=O)(=O)C2C(=O)N(S(C)(=O)=O)C3CCNC32)cc1. The molecular formula is C15H19N3O6S2.